The minimum Gasteiger partial charge on any atom is -0.493 e. The van der Waals surface area contributed by atoms with E-state index in [4.69, 9.17) is 21.1 Å². The normalized spacial score (nSPS) is 10.6. The van der Waals surface area contributed by atoms with Gasteiger partial charge in [-0.2, -0.15) is 5.10 Å². The molecule has 146 valence electrons. The number of halogens is 1. The fourth-order valence-electron chi connectivity index (χ4n) is 2.36. The number of carbonyl (C=O) groups is 2. The lowest BCUT2D eigenvalue weighted by Crippen LogP contribution is -2.17. The molecule has 0 saturated heterocycles. The van der Waals surface area contributed by atoms with Crippen LogP contribution in [0.5, 0.6) is 11.5 Å². The number of nitrogens with zero attached hydrogens (tertiary/aromatic N) is 2. The summed E-state index contributed by atoms with van der Waals surface area (Å²) in [4.78, 5) is 28.1. The van der Waals surface area contributed by atoms with Gasteiger partial charge in [0, 0.05) is 18.0 Å². The highest BCUT2D eigenvalue weighted by Crippen LogP contribution is 2.29. The predicted octanol–water partition coefficient (Wildman–Crippen LogP) is 3.73. The molecule has 0 atom stereocenters. The summed E-state index contributed by atoms with van der Waals surface area (Å²) in [6, 6.07) is 14.6. The van der Waals surface area contributed by atoms with E-state index in [9.17, 15) is 9.59 Å². The average Bonchev–Trinajstić information content (AvgIpc) is 2.75. The van der Waals surface area contributed by atoms with E-state index in [1.165, 1.54) is 25.7 Å². The molecule has 8 heteroatoms. The first-order valence-electron chi connectivity index (χ1n) is 8.46. The number of hydrogen-bond acceptors (Lipinski definition) is 6. The van der Waals surface area contributed by atoms with Gasteiger partial charge in [-0.15, -0.1) is 0 Å². The van der Waals surface area contributed by atoms with Crippen LogP contribution in [0.2, 0.25) is 5.02 Å². The Balaban J connectivity index is 1.69. The molecular weight excluding hydrogens is 394 g/mol. The Bertz CT molecular complexity index is 1050. The molecule has 2 aromatic carbocycles. The molecule has 0 radical (unpaired) electrons. The molecule has 0 fully saturated rings. The smallest absolute Gasteiger partial charge is 0.345 e. The number of methoxy groups -OCH3 is 1. The number of nitrogens with one attached hydrogen (secondary N) is 1. The number of hydrazone groups is 1. The number of hydrogen-bond donors (Lipinski definition) is 1. The lowest BCUT2D eigenvalue weighted by atomic mass is 10.2. The van der Waals surface area contributed by atoms with Gasteiger partial charge in [0.15, 0.2) is 11.5 Å². The first kappa shape index (κ1) is 20.0. The summed E-state index contributed by atoms with van der Waals surface area (Å²) in [5, 5.41) is 4.21. The molecule has 1 N–H and O–H groups in total. The molecule has 0 spiro atoms. The summed E-state index contributed by atoms with van der Waals surface area (Å²) >= 11 is 6.02. The molecule has 29 heavy (non-hydrogen) atoms. The molecule has 0 saturated carbocycles. The van der Waals surface area contributed by atoms with Gasteiger partial charge in [-0.1, -0.05) is 23.7 Å². The Morgan fingerprint density at radius 1 is 1.07 bits per heavy atom. The average molecular weight is 410 g/mol. The predicted molar refractivity (Wildman–Crippen MR) is 109 cm³/mol. The summed E-state index contributed by atoms with van der Waals surface area (Å²) in [6.07, 6.45) is 4.49. The minimum absolute atomic E-state index is 0.232. The summed E-state index contributed by atoms with van der Waals surface area (Å²) < 4.78 is 10.7. The van der Waals surface area contributed by atoms with Gasteiger partial charge in [0.2, 0.25) is 0 Å². The number of amides is 1. The van der Waals surface area contributed by atoms with Crippen LogP contribution in [0.15, 0.2) is 72.1 Å². The Morgan fingerprint density at radius 2 is 1.83 bits per heavy atom. The number of carbonyl (C=O) groups excluding carboxylic acids is 2. The van der Waals surface area contributed by atoms with Crippen LogP contribution in [0.4, 0.5) is 0 Å². The van der Waals surface area contributed by atoms with Crippen molar-refractivity contribution in [1.82, 2.24) is 10.4 Å². The van der Waals surface area contributed by atoms with Crippen molar-refractivity contribution < 1.29 is 19.1 Å². The van der Waals surface area contributed by atoms with E-state index in [1.54, 1.807) is 54.6 Å². The Labute approximate surface area is 171 Å². The van der Waals surface area contributed by atoms with Crippen molar-refractivity contribution >= 4 is 29.7 Å². The molecule has 1 aromatic heterocycles. The van der Waals surface area contributed by atoms with E-state index in [1.807, 2.05) is 0 Å². The molecule has 1 heterocycles. The van der Waals surface area contributed by atoms with Crippen molar-refractivity contribution in [3.8, 4) is 11.5 Å². The van der Waals surface area contributed by atoms with E-state index in [0.29, 0.717) is 21.9 Å². The third-order valence-corrected chi connectivity index (χ3v) is 4.14. The van der Waals surface area contributed by atoms with Gasteiger partial charge in [0.25, 0.3) is 5.91 Å². The number of aromatic nitrogens is 1. The van der Waals surface area contributed by atoms with Crippen LogP contribution in [0.25, 0.3) is 0 Å². The minimum atomic E-state index is -0.597. The maximum atomic E-state index is 12.3. The van der Waals surface area contributed by atoms with Gasteiger partial charge in [0.05, 0.1) is 23.9 Å². The highest BCUT2D eigenvalue weighted by atomic mass is 35.5. The van der Waals surface area contributed by atoms with Crippen LogP contribution in [0.3, 0.4) is 0 Å². The molecule has 3 rings (SSSR count). The number of rotatable bonds is 6. The zero-order valence-electron chi connectivity index (χ0n) is 15.3. The first-order chi connectivity index (χ1) is 14.1. The zero-order chi connectivity index (χ0) is 20.6. The first-order valence-corrected chi connectivity index (χ1v) is 8.84. The van der Waals surface area contributed by atoms with Crippen molar-refractivity contribution in [2.24, 2.45) is 5.10 Å². The van der Waals surface area contributed by atoms with E-state index in [-0.39, 0.29) is 17.2 Å². The van der Waals surface area contributed by atoms with E-state index < -0.39 is 5.97 Å². The van der Waals surface area contributed by atoms with Crippen LogP contribution in [0, 0.1) is 0 Å². The largest absolute Gasteiger partial charge is 0.493 e. The quantitative estimate of drug-likeness (QED) is 0.290. The molecule has 0 aliphatic rings. The molecule has 7 nitrogen and oxygen atoms in total. The van der Waals surface area contributed by atoms with Gasteiger partial charge in [-0.05, 0) is 48.0 Å². The maximum Gasteiger partial charge on any atom is 0.345 e. The zero-order valence-corrected chi connectivity index (χ0v) is 16.1. The number of pyridine rings is 1. The molecule has 1 amide bonds. The van der Waals surface area contributed by atoms with Gasteiger partial charge >= 0.3 is 5.97 Å². The van der Waals surface area contributed by atoms with Crippen molar-refractivity contribution in [3.05, 3.63) is 88.7 Å². The van der Waals surface area contributed by atoms with Gasteiger partial charge in [-0.25, -0.2) is 10.2 Å². The van der Waals surface area contributed by atoms with Crippen molar-refractivity contribution in [2.75, 3.05) is 7.11 Å². The second-order valence-corrected chi connectivity index (χ2v) is 6.12. The lowest BCUT2D eigenvalue weighted by Gasteiger charge is -2.10. The van der Waals surface area contributed by atoms with Crippen molar-refractivity contribution in [2.45, 2.75) is 0 Å². The van der Waals surface area contributed by atoms with Gasteiger partial charge in [-0.3, -0.25) is 9.78 Å². The second kappa shape index (κ2) is 9.48. The SMILES string of the molecule is COc1cc(C=NNC(=O)c2ccncc2)ccc1OC(=O)c1ccccc1Cl. The molecule has 0 aliphatic carbocycles. The van der Waals surface area contributed by atoms with Crippen molar-refractivity contribution in [3.63, 3.8) is 0 Å². The molecular formula is C21H16ClN3O4. The molecule has 0 unspecified atom stereocenters. The maximum absolute atomic E-state index is 12.3. The number of benzene rings is 2. The fourth-order valence-corrected chi connectivity index (χ4v) is 2.58. The Morgan fingerprint density at radius 3 is 2.55 bits per heavy atom. The Kier molecular flexibility index (Phi) is 6.55. The third kappa shape index (κ3) is 5.18. The Hall–Kier alpha value is -3.71. The van der Waals surface area contributed by atoms with Gasteiger partial charge in [0.1, 0.15) is 0 Å². The summed E-state index contributed by atoms with van der Waals surface area (Å²) in [5.74, 6) is -0.397. The number of ether oxygens (including phenoxy) is 2. The van der Waals surface area contributed by atoms with E-state index in [0.717, 1.165) is 0 Å². The summed E-state index contributed by atoms with van der Waals surface area (Å²) in [5.41, 5.74) is 3.75. The summed E-state index contributed by atoms with van der Waals surface area (Å²) in [7, 11) is 1.45. The van der Waals surface area contributed by atoms with Gasteiger partial charge < -0.3 is 9.47 Å². The second-order valence-electron chi connectivity index (χ2n) is 5.71. The topological polar surface area (TPSA) is 89.9 Å². The van der Waals surface area contributed by atoms with E-state index >= 15 is 0 Å². The van der Waals surface area contributed by atoms with Crippen molar-refractivity contribution in [1.29, 1.82) is 0 Å². The highest BCUT2D eigenvalue weighted by Gasteiger charge is 2.15. The highest BCUT2D eigenvalue weighted by molar-refractivity contribution is 6.33. The van der Waals surface area contributed by atoms with Crippen LogP contribution >= 0.6 is 11.6 Å². The summed E-state index contributed by atoms with van der Waals surface area (Å²) in [6.45, 7) is 0. The van der Waals surface area contributed by atoms with Crippen LogP contribution in [-0.4, -0.2) is 30.2 Å². The fraction of sp³-hybridized carbons (Fsp3) is 0.0476. The van der Waals surface area contributed by atoms with E-state index in [2.05, 4.69) is 15.5 Å². The molecule has 3 aromatic rings. The van der Waals surface area contributed by atoms with Crippen LogP contribution in [0.1, 0.15) is 26.3 Å². The third-order valence-electron chi connectivity index (χ3n) is 3.81. The van der Waals surface area contributed by atoms with Crippen LogP contribution < -0.4 is 14.9 Å². The lowest BCUT2D eigenvalue weighted by molar-refractivity contribution is 0.0729. The number of esters is 1. The standard InChI is InChI=1S/C21H16ClN3O4/c1-28-19-12-14(13-24-25-20(26)15-8-10-23-11-9-15)6-7-18(19)29-21(27)16-4-2-3-5-17(16)22/h2-13H,1H3,(H,25,26). The van der Waals surface area contributed by atoms with Crippen LogP contribution in [-0.2, 0) is 0 Å². The monoisotopic (exact) mass is 409 g/mol. The molecule has 0 bridgehead atoms. The molecule has 0 aliphatic heterocycles.